The molecule has 1 aliphatic rings. The first-order valence-electron chi connectivity index (χ1n) is 25.2. The van der Waals surface area contributed by atoms with Crippen molar-refractivity contribution in [2.75, 3.05) is 0 Å². The molecule has 0 bridgehead atoms. The minimum Gasteiger partial charge on any atom is -0.477 e. The summed E-state index contributed by atoms with van der Waals surface area (Å²) in [6.45, 7) is 2.17. The third-order valence-electron chi connectivity index (χ3n) is 14.5. The number of hydrogen-bond donors (Lipinski definition) is 0. The van der Waals surface area contributed by atoms with Gasteiger partial charge in [-0.15, -0.1) is 0 Å². The fourth-order valence-electron chi connectivity index (χ4n) is 10.7. The van der Waals surface area contributed by atoms with Gasteiger partial charge in [-0.3, -0.25) is 0 Å². The van der Waals surface area contributed by atoms with Crippen LogP contribution in [0.5, 0.6) is 5.75 Å². The summed E-state index contributed by atoms with van der Waals surface area (Å²) in [6, 6.07) is 86.0. The average molecular weight is 961 g/mol. The molecule has 1 aliphatic heterocycles. The molecule has 352 valence electrons. The Morgan fingerprint density at radius 2 is 0.760 bits per heavy atom. The van der Waals surface area contributed by atoms with Crippen molar-refractivity contribution in [2.45, 2.75) is 12.5 Å². The quantitative estimate of drug-likeness (QED) is 0.150. The maximum absolute atomic E-state index is 7.31. The second kappa shape index (κ2) is 17.9. The van der Waals surface area contributed by atoms with Crippen LogP contribution in [0.4, 0.5) is 0 Å². The molecule has 3 heterocycles. The zero-order chi connectivity index (χ0) is 49.9. The molecule has 14 rings (SSSR count). The molecule has 0 N–H and O–H groups in total. The molecule has 0 amide bonds. The number of rotatable bonds is 8. The van der Waals surface area contributed by atoms with Crippen molar-refractivity contribution in [3.8, 4) is 96.3 Å². The van der Waals surface area contributed by atoms with Crippen molar-refractivity contribution in [2.24, 2.45) is 0 Å². The topological polar surface area (TPSA) is 86.6 Å². The van der Waals surface area contributed by atoms with Crippen LogP contribution in [0.15, 0.2) is 249 Å². The molecular formula is C68H44N6O. The normalized spacial score (nSPS) is 13.8. The van der Waals surface area contributed by atoms with Crippen molar-refractivity contribution in [3.05, 3.63) is 260 Å². The Hall–Kier alpha value is -9.98. The van der Waals surface area contributed by atoms with Crippen LogP contribution in [-0.2, 0) is 5.60 Å². The number of nitrogens with zero attached hydrogens (tertiary/aromatic N) is 6. The van der Waals surface area contributed by atoms with Crippen molar-refractivity contribution in [1.82, 2.24) is 29.9 Å². The lowest BCUT2D eigenvalue weighted by molar-refractivity contribution is 0.129. The molecular weight excluding hydrogens is 917 g/mol. The van der Waals surface area contributed by atoms with Crippen molar-refractivity contribution >= 4 is 32.3 Å². The SMILES string of the molecule is CC1(c2ccccc2)Oc2cc(-c3cc(-c4nc(-c5ccc6ccccc6c5)nc(-c5ccc6ccccc6c5)n4)c4ccccc4c3-c3nc(-c4ccccc4)nc(-c4ccccc4)n3)ccc2-c2ccccc21. The first-order chi connectivity index (χ1) is 37.0. The monoisotopic (exact) mass is 960 g/mol. The zero-order valence-electron chi connectivity index (χ0n) is 40.8. The van der Waals surface area contributed by atoms with E-state index in [1.54, 1.807) is 0 Å². The second-order valence-electron chi connectivity index (χ2n) is 19.1. The molecule has 2 aromatic heterocycles. The summed E-state index contributed by atoms with van der Waals surface area (Å²) in [7, 11) is 0. The number of fused-ring (bicyclic) bond motifs is 6. The Bertz CT molecular complexity index is 4200. The van der Waals surface area contributed by atoms with E-state index in [0.29, 0.717) is 34.9 Å². The van der Waals surface area contributed by atoms with E-state index in [0.717, 1.165) is 105 Å². The van der Waals surface area contributed by atoms with Gasteiger partial charge in [0.2, 0.25) is 0 Å². The third kappa shape index (κ3) is 7.77. The van der Waals surface area contributed by atoms with Crippen LogP contribution in [0.1, 0.15) is 18.1 Å². The van der Waals surface area contributed by atoms with Crippen molar-refractivity contribution < 1.29 is 4.74 Å². The van der Waals surface area contributed by atoms with E-state index in [2.05, 4.69) is 189 Å². The molecule has 1 unspecified atom stereocenters. The smallest absolute Gasteiger partial charge is 0.165 e. The fourth-order valence-corrected chi connectivity index (χ4v) is 10.7. The third-order valence-corrected chi connectivity index (χ3v) is 14.5. The van der Waals surface area contributed by atoms with Gasteiger partial charge in [0.1, 0.15) is 5.75 Å². The van der Waals surface area contributed by atoms with E-state index in [-0.39, 0.29) is 0 Å². The molecule has 0 fully saturated rings. The first-order valence-corrected chi connectivity index (χ1v) is 25.2. The second-order valence-corrected chi connectivity index (χ2v) is 19.1. The van der Waals surface area contributed by atoms with E-state index in [9.17, 15) is 0 Å². The van der Waals surface area contributed by atoms with E-state index in [1.807, 2.05) is 66.7 Å². The molecule has 13 aromatic rings. The minimum atomic E-state index is -0.770. The van der Waals surface area contributed by atoms with Gasteiger partial charge in [-0.05, 0) is 85.8 Å². The molecule has 0 radical (unpaired) electrons. The summed E-state index contributed by atoms with van der Waals surface area (Å²) in [5.41, 5.74) is 10.5. The van der Waals surface area contributed by atoms with Crippen molar-refractivity contribution in [3.63, 3.8) is 0 Å². The summed E-state index contributed by atoms with van der Waals surface area (Å²) in [6.07, 6.45) is 0. The predicted octanol–water partition coefficient (Wildman–Crippen LogP) is 16.5. The summed E-state index contributed by atoms with van der Waals surface area (Å²) < 4.78 is 7.31. The highest BCUT2D eigenvalue weighted by Gasteiger charge is 2.38. The van der Waals surface area contributed by atoms with Crippen LogP contribution in [0, 0.1) is 0 Å². The highest BCUT2D eigenvalue weighted by atomic mass is 16.5. The van der Waals surface area contributed by atoms with Crippen molar-refractivity contribution in [1.29, 1.82) is 0 Å². The molecule has 75 heavy (non-hydrogen) atoms. The first kappa shape index (κ1) is 43.8. The van der Waals surface area contributed by atoms with Gasteiger partial charge in [-0.1, -0.05) is 224 Å². The van der Waals surface area contributed by atoms with Gasteiger partial charge in [0.15, 0.2) is 40.5 Å². The van der Waals surface area contributed by atoms with Crippen LogP contribution in [-0.4, -0.2) is 29.9 Å². The fraction of sp³-hybridized carbons (Fsp3) is 0.0294. The Balaban J connectivity index is 1.05. The Labute approximate surface area is 433 Å². The Morgan fingerprint density at radius 3 is 1.37 bits per heavy atom. The zero-order valence-corrected chi connectivity index (χ0v) is 40.8. The van der Waals surface area contributed by atoms with E-state index in [1.165, 1.54) is 0 Å². The molecule has 0 saturated heterocycles. The lowest BCUT2D eigenvalue weighted by atomic mass is 9.80. The summed E-state index contributed by atoms with van der Waals surface area (Å²) >= 11 is 0. The lowest BCUT2D eigenvalue weighted by Gasteiger charge is -2.38. The van der Waals surface area contributed by atoms with E-state index in [4.69, 9.17) is 34.6 Å². The highest BCUT2D eigenvalue weighted by Crippen LogP contribution is 2.51. The number of hydrogen-bond acceptors (Lipinski definition) is 7. The lowest BCUT2D eigenvalue weighted by Crippen LogP contribution is -2.34. The summed E-state index contributed by atoms with van der Waals surface area (Å²) in [5, 5.41) is 6.34. The number of aromatic nitrogens is 6. The summed E-state index contributed by atoms with van der Waals surface area (Å²) in [5.74, 6) is 4.11. The van der Waals surface area contributed by atoms with Crippen LogP contribution >= 0.6 is 0 Å². The Morgan fingerprint density at radius 1 is 0.293 bits per heavy atom. The molecule has 0 spiro atoms. The predicted molar refractivity (Wildman–Crippen MR) is 303 cm³/mol. The van der Waals surface area contributed by atoms with Crippen LogP contribution in [0.25, 0.3) is 123 Å². The van der Waals surface area contributed by atoms with Gasteiger partial charge in [0.05, 0.1) is 0 Å². The standard InChI is InChI=1S/C68H44N6O/c1-68(52-27-9-4-10-28-52)59-32-18-17-30-54(59)55-38-37-49(41-60(55)75-68)57-42-58(53-29-15-16-31-56(53)61(57)67-73-62(45-21-5-2-6-22-45)69-63(74-67)46-23-7-3-8-24-46)66-71-64(50-35-33-43-19-11-13-25-47(43)39-50)70-65(72-66)51-36-34-44-20-12-14-26-48(44)40-51/h2-42H,1H3. The maximum atomic E-state index is 7.31. The molecule has 0 saturated carbocycles. The number of ether oxygens (including phenoxy) is 1. The highest BCUT2D eigenvalue weighted by molar-refractivity contribution is 6.10. The van der Waals surface area contributed by atoms with E-state index < -0.39 is 5.60 Å². The average Bonchev–Trinajstić information content (AvgIpc) is 3.50. The molecule has 0 aliphatic carbocycles. The van der Waals surface area contributed by atoms with Gasteiger partial charge >= 0.3 is 0 Å². The van der Waals surface area contributed by atoms with Gasteiger partial charge in [0.25, 0.3) is 0 Å². The van der Waals surface area contributed by atoms with E-state index >= 15 is 0 Å². The molecule has 7 heteroatoms. The van der Waals surface area contributed by atoms with Crippen LogP contribution in [0.3, 0.4) is 0 Å². The maximum Gasteiger partial charge on any atom is 0.165 e. The minimum absolute atomic E-state index is 0.530. The van der Waals surface area contributed by atoms with Gasteiger partial charge in [-0.25, -0.2) is 29.9 Å². The largest absolute Gasteiger partial charge is 0.477 e. The summed E-state index contributed by atoms with van der Waals surface area (Å²) in [4.78, 5) is 32.0. The molecule has 11 aromatic carbocycles. The Kier molecular flexibility index (Phi) is 10.5. The molecule has 1 atom stereocenters. The van der Waals surface area contributed by atoms with Gasteiger partial charge < -0.3 is 4.74 Å². The van der Waals surface area contributed by atoms with Crippen LogP contribution in [0.2, 0.25) is 0 Å². The van der Waals surface area contributed by atoms with Crippen LogP contribution < -0.4 is 4.74 Å². The molecule has 7 nitrogen and oxygen atoms in total. The van der Waals surface area contributed by atoms with Gasteiger partial charge in [0, 0.05) is 44.5 Å². The van der Waals surface area contributed by atoms with Gasteiger partial charge in [-0.2, -0.15) is 0 Å². The number of benzene rings is 11.